The van der Waals surface area contributed by atoms with Crippen LogP contribution >= 0.6 is 7.82 Å². The minimum absolute atomic E-state index is 0.0939. The standard InChI is InChI=1S/C40H62N5O9P/c1-2-3-4-5-6-7-8-9-10-11-12-13-14-15-16-20-25-51-33(27-50-26-32-21-18-17-19-22-32)28-52-55(48,49)53-29-35-37(46)38(47)40(30-41,54-35)36-24-23-34-39(42)43-31-44-45(34)36/h17-19,21-24,31,33,35,37-38,46-47H,2-16,20,25-29H2,1H3,(H,48,49)(H2,42,43,44)/t33-,35-,37-,38-,40+/m1/s1. The fraction of sp³-hybridized carbons (Fsp3) is 0.675. The van der Waals surface area contributed by atoms with E-state index in [2.05, 4.69) is 17.0 Å². The first-order chi connectivity index (χ1) is 26.7. The van der Waals surface area contributed by atoms with Gasteiger partial charge in [-0.3, -0.25) is 9.05 Å². The molecule has 1 aliphatic heterocycles. The van der Waals surface area contributed by atoms with E-state index in [0.29, 0.717) is 18.7 Å². The minimum atomic E-state index is -4.70. The average molecular weight is 788 g/mol. The van der Waals surface area contributed by atoms with Crippen molar-refractivity contribution in [3.63, 3.8) is 0 Å². The van der Waals surface area contributed by atoms with Crippen LogP contribution in [0.5, 0.6) is 0 Å². The highest BCUT2D eigenvalue weighted by atomic mass is 31.2. The number of nitrogens with two attached hydrogens (primary N) is 1. The van der Waals surface area contributed by atoms with Gasteiger partial charge in [-0.25, -0.2) is 14.1 Å². The van der Waals surface area contributed by atoms with Crippen LogP contribution in [0, 0.1) is 11.3 Å². The molecule has 1 fully saturated rings. The summed E-state index contributed by atoms with van der Waals surface area (Å²) in [6.07, 6.45) is 16.1. The van der Waals surface area contributed by atoms with Crippen LogP contribution in [0.1, 0.15) is 121 Å². The lowest BCUT2D eigenvalue weighted by molar-refractivity contribution is -0.0684. The van der Waals surface area contributed by atoms with Gasteiger partial charge in [-0.2, -0.15) is 10.4 Å². The van der Waals surface area contributed by atoms with Crippen molar-refractivity contribution in [2.75, 3.05) is 32.2 Å². The van der Waals surface area contributed by atoms with Crippen LogP contribution in [0.3, 0.4) is 0 Å². The van der Waals surface area contributed by atoms with E-state index in [1.807, 2.05) is 36.4 Å². The lowest BCUT2D eigenvalue weighted by Gasteiger charge is -2.24. The average Bonchev–Trinajstić information content (AvgIpc) is 3.74. The maximum absolute atomic E-state index is 13.0. The van der Waals surface area contributed by atoms with E-state index in [9.17, 15) is 24.9 Å². The number of anilines is 1. The number of phosphoric acid groups is 1. The fourth-order valence-electron chi connectivity index (χ4n) is 6.86. The molecule has 0 amide bonds. The molecule has 0 saturated carbocycles. The van der Waals surface area contributed by atoms with Gasteiger partial charge in [0.1, 0.15) is 42.3 Å². The Morgan fingerprint density at radius 3 is 2.15 bits per heavy atom. The fourth-order valence-corrected chi connectivity index (χ4v) is 7.62. The van der Waals surface area contributed by atoms with Crippen LogP contribution in [-0.4, -0.2) is 80.5 Å². The van der Waals surface area contributed by atoms with Crippen LogP contribution in [-0.2, 0) is 40.0 Å². The van der Waals surface area contributed by atoms with Gasteiger partial charge in [0, 0.05) is 6.61 Å². The van der Waals surface area contributed by atoms with Crippen LogP contribution in [0.15, 0.2) is 48.8 Å². The summed E-state index contributed by atoms with van der Waals surface area (Å²) in [5.74, 6) is 0.137. The van der Waals surface area contributed by atoms with E-state index in [1.165, 1.54) is 100 Å². The molecule has 1 aromatic carbocycles. The SMILES string of the molecule is CCCCCCCCCCCCCCCCCCO[C@H](COCc1ccccc1)COP(=O)(O)OC[C@H]1O[C@@](C#N)(c2ccc3c(N)ncnn23)[C@H](O)[C@@H]1O. The third kappa shape index (κ3) is 14.2. The number of rotatable bonds is 29. The molecule has 6 atom stereocenters. The van der Waals surface area contributed by atoms with E-state index >= 15 is 0 Å². The summed E-state index contributed by atoms with van der Waals surface area (Å²) in [5, 5.41) is 36.0. The van der Waals surface area contributed by atoms with Gasteiger partial charge < -0.3 is 35.1 Å². The summed E-state index contributed by atoms with van der Waals surface area (Å²) in [6, 6.07) is 14.6. The normalized spacial score (nSPS) is 21.5. The van der Waals surface area contributed by atoms with Crippen LogP contribution in [0.2, 0.25) is 0 Å². The third-order valence-corrected chi connectivity index (χ3v) is 11.0. The Morgan fingerprint density at radius 1 is 0.909 bits per heavy atom. The number of nitrogen functional groups attached to an aromatic ring is 1. The largest absolute Gasteiger partial charge is 0.472 e. The number of hydrogen-bond acceptors (Lipinski definition) is 12. The molecular formula is C40H62N5O9P. The number of nitriles is 1. The molecular weight excluding hydrogens is 725 g/mol. The van der Waals surface area contributed by atoms with Crippen molar-refractivity contribution in [1.29, 1.82) is 5.26 Å². The van der Waals surface area contributed by atoms with Gasteiger partial charge in [0.15, 0.2) is 5.82 Å². The number of hydrogen-bond donors (Lipinski definition) is 4. The minimum Gasteiger partial charge on any atom is -0.387 e. The Hall–Kier alpha value is -2.96. The molecule has 5 N–H and O–H groups in total. The van der Waals surface area contributed by atoms with Gasteiger partial charge in [-0.05, 0) is 24.1 Å². The number of fused-ring (bicyclic) bond motifs is 1. The second kappa shape index (κ2) is 24.0. The maximum atomic E-state index is 13.0. The second-order valence-corrected chi connectivity index (χ2v) is 15.9. The van der Waals surface area contributed by atoms with Crippen molar-refractivity contribution < 1.29 is 42.9 Å². The number of unbranched alkanes of at least 4 members (excludes halogenated alkanes) is 15. The summed E-state index contributed by atoms with van der Waals surface area (Å²) in [6.45, 7) is 2.20. The predicted molar refractivity (Wildman–Crippen MR) is 209 cm³/mol. The monoisotopic (exact) mass is 787 g/mol. The first-order valence-corrected chi connectivity index (χ1v) is 21.6. The quantitative estimate of drug-likeness (QED) is 0.0408. The molecule has 306 valence electrons. The molecule has 2 aromatic heterocycles. The highest BCUT2D eigenvalue weighted by Gasteiger charge is 2.58. The molecule has 4 rings (SSSR count). The molecule has 3 heterocycles. The number of ether oxygens (including phenoxy) is 3. The van der Waals surface area contributed by atoms with E-state index in [4.69, 9.17) is 29.0 Å². The summed E-state index contributed by atoms with van der Waals surface area (Å²) in [4.78, 5) is 14.5. The first-order valence-electron chi connectivity index (χ1n) is 20.1. The van der Waals surface area contributed by atoms with E-state index in [1.54, 1.807) is 6.07 Å². The van der Waals surface area contributed by atoms with Crippen molar-refractivity contribution in [2.45, 2.75) is 146 Å². The van der Waals surface area contributed by atoms with Gasteiger partial charge in [0.05, 0.1) is 32.1 Å². The number of aliphatic hydroxyl groups is 2. The topological polar surface area (TPSA) is 204 Å². The van der Waals surface area contributed by atoms with Crippen molar-refractivity contribution in [3.8, 4) is 6.07 Å². The second-order valence-electron chi connectivity index (χ2n) is 14.5. The van der Waals surface area contributed by atoms with Crippen LogP contribution < -0.4 is 5.73 Å². The molecule has 3 aromatic rings. The molecule has 0 radical (unpaired) electrons. The maximum Gasteiger partial charge on any atom is 0.472 e. The van der Waals surface area contributed by atoms with Gasteiger partial charge >= 0.3 is 7.82 Å². The summed E-state index contributed by atoms with van der Waals surface area (Å²) >= 11 is 0. The van der Waals surface area contributed by atoms with Crippen LogP contribution in [0.4, 0.5) is 5.82 Å². The lowest BCUT2D eigenvalue weighted by atomic mass is 9.92. The molecule has 15 heteroatoms. The van der Waals surface area contributed by atoms with E-state index in [-0.39, 0.29) is 24.7 Å². The highest BCUT2D eigenvalue weighted by molar-refractivity contribution is 7.47. The van der Waals surface area contributed by atoms with Crippen LogP contribution in [0.25, 0.3) is 5.52 Å². The van der Waals surface area contributed by atoms with Gasteiger partial charge in [0.25, 0.3) is 0 Å². The van der Waals surface area contributed by atoms with Crippen molar-refractivity contribution >= 4 is 19.2 Å². The Labute approximate surface area is 325 Å². The number of phosphoric ester groups is 1. The van der Waals surface area contributed by atoms with Gasteiger partial charge in [0.2, 0.25) is 5.60 Å². The molecule has 0 aliphatic carbocycles. The van der Waals surface area contributed by atoms with Crippen molar-refractivity contribution in [1.82, 2.24) is 14.6 Å². The number of aliphatic hydroxyl groups excluding tert-OH is 2. The van der Waals surface area contributed by atoms with Gasteiger partial charge in [-0.1, -0.05) is 134 Å². The molecule has 1 aliphatic rings. The summed E-state index contributed by atoms with van der Waals surface area (Å²) in [5.41, 5.74) is 5.27. The third-order valence-electron chi connectivity index (χ3n) is 10.1. The molecule has 1 unspecified atom stereocenters. The molecule has 55 heavy (non-hydrogen) atoms. The highest BCUT2D eigenvalue weighted by Crippen LogP contribution is 2.46. The van der Waals surface area contributed by atoms with E-state index < -0.39 is 44.4 Å². The molecule has 1 saturated heterocycles. The Kier molecular flexibility index (Phi) is 19.5. The Bertz CT molecular complexity index is 1610. The molecule has 0 bridgehead atoms. The zero-order valence-corrected chi connectivity index (χ0v) is 33.3. The molecule has 0 spiro atoms. The molecule has 14 nitrogen and oxygen atoms in total. The summed E-state index contributed by atoms with van der Waals surface area (Å²) < 4.78 is 42.5. The first kappa shape index (κ1) is 44.8. The Balaban J connectivity index is 1.17. The lowest BCUT2D eigenvalue weighted by Crippen LogP contribution is -2.41. The number of benzene rings is 1. The van der Waals surface area contributed by atoms with Crippen molar-refractivity contribution in [3.05, 3.63) is 60.0 Å². The Morgan fingerprint density at radius 2 is 1.53 bits per heavy atom. The zero-order chi connectivity index (χ0) is 39.4. The van der Waals surface area contributed by atoms with E-state index in [0.717, 1.165) is 24.8 Å². The summed E-state index contributed by atoms with van der Waals surface area (Å²) in [7, 11) is -4.70. The predicted octanol–water partition coefficient (Wildman–Crippen LogP) is 7.15. The number of aromatic nitrogens is 3. The number of nitrogens with zero attached hydrogens (tertiary/aromatic N) is 4. The van der Waals surface area contributed by atoms with Gasteiger partial charge in [-0.15, -0.1) is 0 Å². The smallest absolute Gasteiger partial charge is 0.387 e. The van der Waals surface area contributed by atoms with Crippen molar-refractivity contribution in [2.24, 2.45) is 0 Å². The zero-order valence-electron chi connectivity index (χ0n) is 32.4.